The number of ether oxygens (including phenoxy) is 1. The zero-order valence-electron chi connectivity index (χ0n) is 7.63. The van der Waals surface area contributed by atoms with E-state index in [2.05, 4.69) is 6.92 Å². The first-order valence-electron chi connectivity index (χ1n) is 4.50. The minimum Gasteiger partial charge on any atom is -0.387 e. The fourth-order valence-corrected chi connectivity index (χ4v) is 1.70. The number of hydrogen-bond acceptors (Lipinski definition) is 2. The van der Waals surface area contributed by atoms with Gasteiger partial charge in [0.15, 0.2) is 0 Å². The molecule has 2 heteroatoms. The van der Waals surface area contributed by atoms with Gasteiger partial charge in [-0.1, -0.05) is 13.8 Å². The molecule has 0 radical (unpaired) electrons. The van der Waals surface area contributed by atoms with Gasteiger partial charge in [-0.05, 0) is 19.8 Å². The standard InChI is InChI=1S/C9H18O2/c1-4-8-6-9(10,5-2)7(3)11-8/h7-8,10H,4-6H2,1-3H3/t7-,8+,9?/m0/s1. The van der Waals surface area contributed by atoms with E-state index in [1.165, 1.54) is 0 Å². The number of rotatable bonds is 2. The van der Waals surface area contributed by atoms with Crippen molar-refractivity contribution in [3.05, 3.63) is 0 Å². The Morgan fingerprint density at radius 2 is 2.18 bits per heavy atom. The third-order valence-electron chi connectivity index (χ3n) is 2.80. The fourth-order valence-electron chi connectivity index (χ4n) is 1.70. The van der Waals surface area contributed by atoms with Crippen molar-refractivity contribution < 1.29 is 9.84 Å². The first-order chi connectivity index (χ1) is 5.12. The summed E-state index contributed by atoms with van der Waals surface area (Å²) in [5, 5.41) is 9.95. The van der Waals surface area contributed by atoms with Crippen LogP contribution in [0.5, 0.6) is 0 Å². The van der Waals surface area contributed by atoms with Gasteiger partial charge in [0.05, 0.1) is 17.8 Å². The minimum atomic E-state index is -0.555. The van der Waals surface area contributed by atoms with E-state index in [1.807, 2.05) is 13.8 Å². The van der Waals surface area contributed by atoms with Crippen LogP contribution in [0.15, 0.2) is 0 Å². The molecule has 0 saturated carbocycles. The molecular formula is C9H18O2. The van der Waals surface area contributed by atoms with Gasteiger partial charge in [-0.2, -0.15) is 0 Å². The quantitative estimate of drug-likeness (QED) is 0.663. The van der Waals surface area contributed by atoms with E-state index in [4.69, 9.17) is 4.74 Å². The molecule has 1 unspecified atom stereocenters. The Balaban J connectivity index is 2.57. The minimum absolute atomic E-state index is 0.0115. The Bertz CT molecular complexity index is 136. The normalized spacial score (nSPS) is 44.7. The summed E-state index contributed by atoms with van der Waals surface area (Å²) in [7, 11) is 0. The number of hydrogen-bond donors (Lipinski definition) is 1. The van der Waals surface area contributed by atoms with Crippen LogP contribution in [0, 0.1) is 0 Å². The van der Waals surface area contributed by atoms with Crippen molar-refractivity contribution in [2.75, 3.05) is 0 Å². The van der Waals surface area contributed by atoms with Crippen LogP contribution in [0.3, 0.4) is 0 Å². The van der Waals surface area contributed by atoms with Gasteiger partial charge < -0.3 is 9.84 Å². The molecule has 0 aromatic carbocycles. The van der Waals surface area contributed by atoms with Crippen LogP contribution < -0.4 is 0 Å². The first-order valence-corrected chi connectivity index (χ1v) is 4.50. The zero-order chi connectivity index (χ0) is 8.48. The van der Waals surface area contributed by atoms with Crippen LogP contribution in [0.4, 0.5) is 0 Å². The van der Waals surface area contributed by atoms with Gasteiger partial charge in [0.25, 0.3) is 0 Å². The Morgan fingerprint density at radius 1 is 1.55 bits per heavy atom. The summed E-state index contributed by atoms with van der Waals surface area (Å²) in [6, 6.07) is 0. The molecule has 0 spiro atoms. The Kier molecular flexibility index (Phi) is 2.55. The summed E-state index contributed by atoms with van der Waals surface area (Å²) in [5.74, 6) is 0. The maximum absolute atomic E-state index is 9.95. The molecule has 1 aliphatic heterocycles. The molecule has 0 aliphatic carbocycles. The van der Waals surface area contributed by atoms with Crippen molar-refractivity contribution in [2.24, 2.45) is 0 Å². The molecule has 1 fully saturated rings. The molecule has 1 rings (SSSR count). The molecule has 0 aromatic rings. The van der Waals surface area contributed by atoms with E-state index in [-0.39, 0.29) is 12.2 Å². The lowest BCUT2D eigenvalue weighted by molar-refractivity contribution is -0.0393. The van der Waals surface area contributed by atoms with Gasteiger partial charge in [-0.15, -0.1) is 0 Å². The average molecular weight is 158 g/mol. The van der Waals surface area contributed by atoms with E-state index in [9.17, 15) is 5.11 Å². The van der Waals surface area contributed by atoms with Crippen molar-refractivity contribution in [1.82, 2.24) is 0 Å². The largest absolute Gasteiger partial charge is 0.387 e. The second-order valence-electron chi connectivity index (χ2n) is 3.47. The highest BCUT2D eigenvalue weighted by Gasteiger charge is 2.42. The predicted molar refractivity (Wildman–Crippen MR) is 44.5 cm³/mol. The highest BCUT2D eigenvalue weighted by molar-refractivity contribution is 4.92. The molecule has 2 nitrogen and oxygen atoms in total. The summed E-state index contributed by atoms with van der Waals surface area (Å²) in [6.45, 7) is 6.07. The van der Waals surface area contributed by atoms with Gasteiger partial charge in [-0.25, -0.2) is 0 Å². The van der Waals surface area contributed by atoms with Crippen LogP contribution in [0.2, 0.25) is 0 Å². The van der Waals surface area contributed by atoms with Crippen LogP contribution in [-0.2, 0) is 4.74 Å². The Labute approximate surface area is 68.6 Å². The summed E-state index contributed by atoms with van der Waals surface area (Å²) in [6.07, 6.45) is 2.89. The molecular weight excluding hydrogens is 140 g/mol. The summed E-state index contributed by atoms with van der Waals surface area (Å²) >= 11 is 0. The predicted octanol–water partition coefficient (Wildman–Crippen LogP) is 1.71. The molecule has 1 aliphatic rings. The van der Waals surface area contributed by atoms with Crippen molar-refractivity contribution in [3.63, 3.8) is 0 Å². The third kappa shape index (κ3) is 1.57. The van der Waals surface area contributed by atoms with Gasteiger partial charge in [-0.3, -0.25) is 0 Å². The van der Waals surface area contributed by atoms with E-state index >= 15 is 0 Å². The Hall–Kier alpha value is -0.0800. The van der Waals surface area contributed by atoms with Crippen LogP contribution in [0.1, 0.15) is 40.0 Å². The van der Waals surface area contributed by atoms with E-state index < -0.39 is 5.60 Å². The zero-order valence-corrected chi connectivity index (χ0v) is 7.63. The van der Waals surface area contributed by atoms with Crippen LogP contribution in [-0.4, -0.2) is 22.9 Å². The molecule has 1 heterocycles. The van der Waals surface area contributed by atoms with Gasteiger partial charge in [0, 0.05) is 6.42 Å². The van der Waals surface area contributed by atoms with E-state index in [0.717, 1.165) is 19.3 Å². The smallest absolute Gasteiger partial charge is 0.0927 e. The summed E-state index contributed by atoms with van der Waals surface area (Å²) in [5.41, 5.74) is -0.555. The maximum Gasteiger partial charge on any atom is 0.0927 e. The van der Waals surface area contributed by atoms with Crippen molar-refractivity contribution >= 4 is 0 Å². The van der Waals surface area contributed by atoms with Gasteiger partial charge >= 0.3 is 0 Å². The van der Waals surface area contributed by atoms with Gasteiger partial charge in [0.2, 0.25) is 0 Å². The topological polar surface area (TPSA) is 29.5 Å². The highest BCUT2D eigenvalue weighted by atomic mass is 16.5. The highest BCUT2D eigenvalue weighted by Crippen LogP contribution is 2.34. The van der Waals surface area contributed by atoms with E-state index in [0.29, 0.717) is 0 Å². The lowest BCUT2D eigenvalue weighted by atomic mass is 9.91. The monoisotopic (exact) mass is 158 g/mol. The van der Waals surface area contributed by atoms with Crippen LogP contribution >= 0.6 is 0 Å². The van der Waals surface area contributed by atoms with Crippen LogP contribution in [0.25, 0.3) is 0 Å². The first kappa shape index (κ1) is 9.01. The summed E-state index contributed by atoms with van der Waals surface area (Å²) < 4.78 is 5.57. The molecule has 66 valence electrons. The molecule has 1 saturated heterocycles. The molecule has 0 bridgehead atoms. The molecule has 1 N–H and O–H groups in total. The number of aliphatic hydroxyl groups is 1. The van der Waals surface area contributed by atoms with E-state index in [1.54, 1.807) is 0 Å². The SMILES string of the molecule is CC[C@@H]1CC(O)(CC)[C@H](C)O1. The second-order valence-corrected chi connectivity index (χ2v) is 3.47. The van der Waals surface area contributed by atoms with Crippen molar-refractivity contribution in [1.29, 1.82) is 0 Å². The van der Waals surface area contributed by atoms with Gasteiger partial charge in [0.1, 0.15) is 0 Å². The fraction of sp³-hybridized carbons (Fsp3) is 1.00. The Morgan fingerprint density at radius 3 is 2.45 bits per heavy atom. The maximum atomic E-state index is 9.95. The lowest BCUT2D eigenvalue weighted by Gasteiger charge is -2.23. The molecule has 3 atom stereocenters. The van der Waals surface area contributed by atoms with Crippen molar-refractivity contribution in [3.8, 4) is 0 Å². The molecule has 0 aromatic heterocycles. The average Bonchev–Trinajstić information content (AvgIpc) is 2.29. The molecule has 0 amide bonds. The lowest BCUT2D eigenvalue weighted by Crippen LogP contribution is -2.35. The third-order valence-corrected chi connectivity index (χ3v) is 2.80. The van der Waals surface area contributed by atoms with Crippen molar-refractivity contribution in [2.45, 2.75) is 57.8 Å². The second kappa shape index (κ2) is 3.11. The molecule has 11 heavy (non-hydrogen) atoms. The summed E-state index contributed by atoms with van der Waals surface area (Å²) in [4.78, 5) is 0.